The van der Waals surface area contributed by atoms with Crippen molar-refractivity contribution >= 4 is 5.78 Å². The van der Waals surface area contributed by atoms with Crippen LogP contribution >= 0.6 is 0 Å². The second-order valence-electron chi connectivity index (χ2n) is 4.85. The maximum atomic E-state index is 12.2. The molecule has 0 radical (unpaired) electrons. The number of rotatable bonds is 0. The first-order valence-electron chi connectivity index (χ1n) is 5.96. The van der Waals surface area contributed by atoms with Crippen molar-refractivity contribution < 1.29 is 4.79 Å². The number of allylic oxidation sites excluding steroid dienone is 2. The Morgan fingerprint density at radius 1 is 1.14 bits per heavy atom. The third-order valence-corrected chi connectivity index (χ3v) is 4.07. The fraction of sp³-hybridized carbons (Fsp3) is 0.769. The molecule has 0 aromatic rings. The Hall–Kier alpha value is -0.590. The highest BCUT2D eigenvalue weighted by Crippen LogP contribution is 2.45. The van der Waals surface area contributed by atoms with Crippen molar-refractivity contribution in [3.63, 3.8) is 0 Å². The van der Waals surface area contributed by atoms with E-state index in [2.05, 4.69) is 13.0 Å². The predicted molar refractivity (Wildman–Crippen MR) is 58.1 cm³/mol. The van der Waals surface area contributed by atoms with Crippen LogP contribution in [-0.4, -0.2) is 5.78 Å². The van der Waals surface area contributed by atoms with Crippen molar-refractivity contribution in [1.29, 1.82) is 0 Å². The molecule has 1 atom stereocenters. The van der Waals surface area contributed by atoms with Gasteiger partial charge in [0.2, 0.25) is 0 Å². The Morgan fingerprint density at radius 3 is 2.64 bits per heavy atom. The number of carbonyl (C=O) groups is 1. The molecule has 1 heteroatoms. The summed E-state index contributed by atoms with van der Waals surface area (Å²) in [6.07, 6.45) is 11.4. The minimum atomic E-state index is -0.0135. The van der Waals surface area contributed by atoms with Crippen molar-refractivity contribution in [2.75, 3.05) is 0 Å². The van der Waals surface area contributed by atoms with Crippen LogP contribution in [0.15, 0.2) is 11.6 Å². The highest BCUT2D eigenvalue weighted by atomic mass is 16.1. The first-order chi connectivity index (χ1) is 6.76. The summed E-state index contributed by atoms with van der Waals surface area (Å²) >= 11 is 0. The lowest BCUT2D eigenvalue weighted by atomic mass is 9.71. The van der Waals surface area contributed by atoms with Crippen molar-refractivity contribution in [2.45, 2.75) is 58.3 Å². The van der Waals surface area contributed by atoms with E-state index >= 15 is 0 Å². The van der Waals surface area contributed by atoms with Crippen molar-refractivity contribution in [2.24, 2.45) is 5.41 Å². The van der Waals surface area contributed by atoms with Crippen LogP contribution in [0, 0.1) is 5.41 Å². The third kappa shape index (κ3) is 1.53. The van der Waals surface area contributed by atoms with Gasteiger partial charge in [0, 0.05) is 11.8 Å². The molecule has 0 saturated heterocycles. The van der Waals surface area contributed by atoms with Gasteiger partial charge in [-0.3, -0.25) is 4.79 Å². The van der Waals surface area contributed by atoms with E-state index in [0.717, 1.165) is 32.1 Å². The normalized spacial score (nSPS) is 34.1. The number of ketones is 1. The lowest BCUT2D eigenvalue weighted by molar-refractivity contribution is -0.127. The number of carbonyl (C=O) groups excluding carboxylic acids is 1. The van der Waals surface area contributed by atoms with Gasteiger partial charge in [-0.2, -0.15) is 0 Å². The molecule has 78 valence electrons. The molecule has 1 unspecified atom stereocenters. The molecule has 2 aliphatic rings. The zero-order chi connectivity index (χ0) is 10.0. The number of hydrogen-bond donors (Lipinski definition) is 0. The molecule has 0 amide bonds. The van der Waals surface area contributed by atoms with E-state index in [-0.39, 0.29) is 5.41 Å². The lowest BCUT2D eigenvalue weighted by Crippen LogP contribution is -2.31. The van der Waals surface area contributed by atoms with E-state index in [1.165, 1.54) is 24.8 Å². The van der Waals surface area contributed by atoms with Crippen LogP contribution in [0.3, 0.4) is 0 Å². The minimum absolute atomic E-state index is 0.0135. The maximum absolute atomic E-state index is 12.2. The standard InChI is InChI=1S/C13H20O/c1-11-7-6-10-13(11)9-5-3-2-4-8-12(13)14/h7H,2-6,8-10H2,1H3. The van der Waals surface area contributed by atoms with E-state index in [0.29, 0.717) is 5.78 Å². The smallest absolute Gasteiger partial charge is 0.143 e. The van der Waals surface area contributed by atoms with Crippen LogP contribution in [0.4, 0.5) is 0 Å². The van der Waals surface area contributed by atoms with E-state index in [1.54, 1.807) is 0 Å². The van der Waals surface area contributed by atoms with E-state index in [9.17, 15) is 4.79 Å². The van der Waals surface area contributed by atoms with E-state index < -0.39 is 0 Å². The van der Waals surface area contributed by atoms with Gasteiger partial charge in [-0.15, -0.1) is 0 Å². The number of hydrogen-bond acceptors (Lipinski definition) is 1. The van der Waals surface area contributed by atoms with Crippen molar-refractivity contribution in [3.05, 3.63) is 11.6 Å². The molecule has 2 aliphatic carbocycles. The van der Waals surface area contributed by atoms with Crippen LogP contribution in [-0.2, 0) is 4.79 Å². The average molecular weight is 192 g/mol. The van der Waals surface area contributed by atoms with Gasteiger partial charge < -0.3 is 0 Å². The SMILES string of the molecule is CC1=CCCC12CCCCCCC2=O. The topological polar surface area (TPSA) is 17.1 Å². The molecule has 1 nitrogen and oxygen atoms in total. The first kappa shape index (κ1) is 9.95. The van der Waals surface area contributed by atoms with E-state index in [1.807, 2.05) is 0 Å². The fourth-order valence-electron chi connectivity index (χ4n) is 3.05. The lowest BCUT2D eigenvalue weighted by Gasteiger charge is -2.31. The van der Waals surface area contributed by atoms with Crippen LogP contribution in [0.2, 0.25) is 0 Å². The Morgan fingerprint density at radius 2 is 1.93 bits per heavy atom. The van der Waals surface area contributed by atoms with Gasteiger partial charge in [0.05, 0.1) is 0 Å². The Bertz CT molecular complexity index is 264. The summed E-state index contributed by atoms with van der Waals surface area (Å²) in [5, 5.41) is 0. The predicted octanol–water partition coefficient (Wildman–Crippen LogP) is 3.64. The first-order valence-corrected chi connectivity index (χ1v) is 5.96. The van der Waals surface area contributed by atoms with Gasteiger partial charge >= 0.3 is 0 Å². The molecular formula is C13H20O. The molecule has 2 rings (SSSR count). The summed E-state index contributed by atoms with van der Waals surface area (Å²) in [5.41, 5.74) is 1.35. The summed E-state index contributed by atoms with van der Waals surface area (Å²) in [6, 6.07) is 0. The third-order valence-electron chi connectivity index (χ3n) is 4.07. The highest BCUT2D eigenvalue weighted by Gasteiger charge is 2.40. The second kappa shape index (κ2) is 3.88. The second-order valence-corrected chi connectivity index (χ2v) is 4.85. The van der Waals surface area contributed by atoms with Crippen LogP contribution in [0.5, 0.6) is 0 Å². The number of Topliss-reactive ketones (excluding diaryl/α,β-unsaturated/α-hetero) is 1. The highest BCUT2D eigenvalue weighted by molar-refractivity contribution is 5.88. The monoisotopic (exact) mass is 192 g/mol. The molecule has 0 heterocycles. The molecular weight excluding hydrogens is 172 g/mol. The summed E-state index contributed by atoms with van der Waals surface area (Å²) in [6.45, 7) is 2.16. The van der Waals surface area contributed by atoms with Crippen LogP contribution in [0.1, 0.15) is 58.3 Å². The molecule has 0 bridgehead atoms. The Labute approximate surface area is 86.6 Å². The summed E-state index contributed by atoms with van der Waals surface area (Å²) in [5.74, 6) is 0.531. The van der Waals surface area contributed by atoms with Gasteiger partial charge in [0.15, 0.2) is 0 Å². The zero-order valence-electron chi connectivity index (χ0n) is 9.14. The van der Waals surface area contributed by atoms with Crippen LogP contribution in [0.25, 0.3) is 0 Å². The van der Waals surface area contributed by atoms with Gasteiger partial charge in [-0.25, -0.2) is 0 Å². The minimum Gasteiger partial charge on any atom is -0.299 e. The fourth-order valence-corrected chi connectivity index (χ4v) is 3.05. The van der Waals surface area contributed by atoms with Gasteiger partial charge in [0.1, 0.15) is 5.78 Å². The summed E-state index contributed by atoms with van der Waals surface area (Å²) in [4.78, 5) is 12.2. The summed E-state index contributed by atoms with van der Waals surface area (Å²) in [7, 11) is 0. The molecule has 14 heavy (non-hydrogen) atoms. The van der Waals surface area contributed by atoms with Gasteiger partial charge in [-0.05, 0) is 32.6 Å². The molecule has 1 saturated carbocycles. The Kier molecular flexibility index (Phi) is 2.76. The molecule has 1 spiro atoms. The zero-order valence-corrected chi connectivity index (χ0v) is 9.14. The molecule has 1 fully saturated rings. The van der Waals surface area contributed by atoms with Gasteiger partial charge in [0.25, 0.3) is 0 Å². The molecule has 0 aromatic carbocycles. The van der Waals surface area contributed by atoms with Crippen LogP contribution < -0.4 is 0 Å². The molecule has 0 aliphatic heterocycles. The summed E-state index contributed by atoms with van der Waals surface area (Å²) < 4.78 is 0. The van der Waals surface area contributed by atoms with Crippen molar-refractivity contribution in [1.82, 2.24) is 0 Å². The maximum Gasteiger partial charge on any atom is 0.143 e. The largest absolute Gasteiger partial charge is 0.299 e. The Balaban J connectivity index is 2.20. The molecule has 0 aromatic heterocycles. The quantitative estimate of drug-likeness (QED) is 0.535. The van der Waals surface area contributed by atoms with Gasteiger partial charge in [-0.1, -0.05) is 30.9 Å². The van der Waals surface area contributed by atoms with Crippen molar-refractivity contribution in [3.8, 4) is 0 Å². The average Bonchev–Trinajstić information content (AvgIpc) is 2.52. The molecule has 0 N–H and O–H groups in total. The van der Waals surface area contributed by atoms with E-state index in [4.69, 9.17) is 0 Å².